The molecular formula is C14H19NO3. The highest BCUT2D eigenvalue weighted by molar-refractivity contribution is 5.76. The molecule has 1 aromatic carbocycles. The van der Waals surface area contributed by atoms with Gasteiger partial charge < -0.3 is 14.8 Å². The first-order valence-electron chi connectivity index (χ1n) is 6.34. The van der Waals surface area contributed by atoms with E-state index in [1.807, 2.05) is 19.1 Å². The predicted molar refractivity (Wildman–Crippen MR) is 68.6 cm³/mol. The predicted octanol–water partition coefficient (Wildman–Crippen LogP) is 1.80. The summed E-state index contributed by atoms with van der Waals surface area (Å²) in [7, 11) is 0. The molecule has 0 radical (unpaired) electrons. The summed E-state index contributed by atoms with van der Waals surface area (Å²) in [6.45, 7) is 6.21. The lowest BCUT2D eigenvalue weighted by Crippen LogP contribution is -2.23. The molecule has 1 heterocycles. The largest absolute Gasteiger partial charge is 0.478 e. The molecule has 0 aliphatic carbocycles. The molecule has 2 rings (SSSR count). The molecule has 1 aliphatic rings. The van der Waals surface area contributed by atoms with Crippen LogP contribution in [-0.4, -0.2) is 25.2 Å². The molecule has 98 valence electrons. The number of aryl methyl sites for hydroxylation is 1. The van der Waals surface area contributed by atoms with E-state index in [2.05, 4.69) is 18.3 Å². The summed E-state index contributed by atoms with van der Waals surface area (Å²) in [6, 6.07) is 6.00. The van der Waals surface area contributed by atoms with Gasteiger partial charge in [-0.3, -0.25) is 0 Å². The van der Waals surface area contributed by atoms with E-state index in [0.717, 1.165) is 24.4 Å². The molecule has 1 aromatic rings. The van der Waals surface area contributed by atoms with Crippen LogP contribution in [0.1, 0.15) is 24.5 Å². The smallest absolute Gasteiger partial charge is 0.347 e. The summed E-state index contributed by atoms with van der Waals surface area (Å²) in [5.74, 6) is 0.510. The molecule has 1 unspecified atom stereocenters. The zero-order valence-corrected chi connectivity index (χ0v) is 10.9. The molecule has 0 aromatic heterocycles. The maximum Gasteiger partial charge on any atom is 0.347 e. The lowest BCUT2D eigenvalue weighted by atomic mass is 10.1. The van der Waals surface area contributed by atoms with E-state index < -0.39 is 6.10 Å². The van der Waals surface area contributed by atoms with Gasteiger partial charge in [0.25, 0.3) is 0 Å². The fourth-order valence-electron chi connectivity index (χ4n) is 1.96. The third-order valence-corrected chi connectivity index (χ3v) is 2.94. The second-order valence-corrected chi connectivity index (χ2v) is 4.45. The first-order valence-corrected chi connectivity index (χ1v) is 6.34. The summed E-state index contributed by atoms with van der Waals surface area (Å²) in [4.78, 5) is 11.4. The second kappa shape index (κ2) is 5.87. The van der Waals surface area contributed by atoms with Gasteiger partial charge in [-0.1, -0.05) is 24.6 Å². The van der Waals surface area contributed by atoms with Crippen molar-refractivity contribution < 1.29 is 14.3 Å². The molecule has 1 N–H and O–H groups in total. The number of hydrogen-bond donors (Lipinski definition) is 1. The van der Waals surface area contributed by atoms with Crippen molar-refractivity contribution in [2.45, 2.75) is 32.9 Å². The minimum absolute atomic E-state index is 0.259. The molecule has 4 nitrogen and oxygen atoms in total. The van der Waals surface area contributed by atoms with Crippen LogP contribution in [0.3, 0.4) is 0 Å². The van der Waals surface area contributed by atoms with Crippen LogP contribution in [0.2, 0.25) is 0 Å². The van der Waals surface area contributed by atoms with Crippen molar-refractivity contribution >= 4 is 5.97 Å². The van der Waals surface area contributed by atoms with Crippen LogP contribution in [0.15, 0.2) is 18.2 Å². The lowest BCUT2D eigenvalue weighted by molar-refractivity contribution is -0.143. The third kappa shape index (κ3) is 3.01. The van der Waals surface area contributed by atoms with E-state index in [9.17, 15) is 4.79 Å². The highest BCUT2D eigenvalue weighted by atomic mass is 16.6. The zero-order valence-electron chi connectivity index (χ0n) is 10.9. The van der Waals surface area contributed by atoms with Crippen LogP contribution in [-0.2, 0) is 16.1 Å². The van der Waals surface area contributed by atoms with Gasteiger partial charge in [0.05, 0.1) is 6.61 Å². The average Bonchev–Trinajstić information content (AvgIpc) is 2.75. The summed E-state index contributed by atoms with van der Waals surface area (Å²) in [5, 5.41) is 3.27. The summed E-state index contributed by atoms with van der Waals surface area (Å²) in [6.07, 6.45) is 0.181. The maximum absolute atomic E-state index is 11.4. The van der Waals surface area contributed by atoms with Crippen molar-refractivity contribution in [2.75, 3.05) is 13.2 Å². The Morgan fingerprint density at radius 2 is 2.33 bits per heavy atom. The summed E-state index contributed by atoms with van der Waals surface area (Å²) >= 11 is 0. The van der Waals surface area contributed by atoms with Gasteiger partial charge in [0, 0.05) is 18.5 Å². The van der Waals surface area contributed by atoms with Crippen molar-refractivity contribution in [3.8, 4) is 5.75 Å². The van der Waals surface area contributed by atoms with Crippen LogP contribution >= 0.6 is 0 Å². The van der Waals surface area contributed by atoms with Crippen LogP contribution in [0.4, 0.5) is 0 Å². The number of benzene rings is 1. The minimum Gasteiger partial charge on any atom is -0.478 e. The normalized spacial score (nSPS) is 18.8. The number of cyclic esters (lactones) is 1. The van der Waals surface area contributed by atoms with Crippen LogP contribution in [0.5, 0.6) is 5.75 Å². The van der Waals surface area contributed by atoms with Crippen molar-refractivity contribution in [2.24, 2.45) is 0 Å². The molecule has 0 bridgehead atoms. The second-order valence-electron chi connectivity index (χ2n) is 4.45. The minimum atomic E-state index is -0.451. The van der Waals surface area contributed by atoms with E-state index in [1.54, 1.807) is 0 Å². The number of ether oxygens (including phenoxy) is 2. The van der Waals surface area contributed by atoms with Gasteiger partial charge in [-0.05, 0) is 19.5 Å². The molecule has 0 spiro atoms. The number of carbonyl (C=O) groups excluding carboxylic acids is 1. The molecule has 1 fully saturated rings. The SMILES string of the molecule is CCNCc1cc(C)ccc1OC1CCOC1=O. The Balaban J connectivity index is 2.12. The number of carbonyl (C=O) groups is 1. The molecular weight excluding hydrogens is 230 g/mol. The zero-order chi connectivity index (χ0) is 13.0. The fourth-order valence-corrected chi connectivity index (χ4v) is 1.96. The molecule has 1 atom stereocenters. The summed E-state index contributed by atoms with van der Waals surface area (Å²) < 4.78 is 10.7. The maximum atomic E-state index is 11.4. The Morgan fingerprint density at radius 3 is 3.00 bits per heavy atom. The van der Waals surface area contributed by atoms with E-state index >= 15 is 0 Å². The van der Waals surface area contributed by atoms with Crippen LogP contribution in [0.25, 0.3) is 0 Å². The Labute approximate surface area is 107 Å². The molecule has 1 aliphatic heterocycles. The number of nitrogens with one attached hydrogen (secondary N) is 1. The molecule has 1 saturated heterocycles. The van der Waals surface area contributed by atoms with Gasteiger partial charge in [0.2, 0.25) is 0 Å². The Hall–Kier alpha value is -1.55. The quantitative estimate of drug-likeness (QED) is 0.808. The Kier molecular flexibility index (Phi) is 4.20. The third-order valence-electron chi connectivity index (χ3n) is 2.94. The molecule has 4 heteroatoms. The van der Waals surface area contributed by atoms with Gasteiger partial charge >= 0.3 is 5.97 Å². The van der Waals surface area contributed by atoms with Gasteiger partial charge in [0.15, 0.2) is 6.10 Å². The number of hydrogen-bond acceptors (Lipinski definition) is 4. The van der Waals surface area contributed by atoms with E-state index in [4.69, 9.17) is 9.47 Å². The van der Waals surface area contributed by atoms with Gasteiger partial charge in [-0.2, -0.15) is 0 Å². The number of esters is 1. The van der Waals surface area contributed by atoms with E-state index in [1.165, 1.54) is 5.56 Å². The first-order chi connectivity index (χ1) is 8.70. The van der Waals surface area contributed by atoms with Gasteiger partial charge in [-0.25, -0.2) is 4.79 Å². The highest BCUT2D eigenvalue weighted by Gasteiger charge is 2.28. The van der Waals surface area contributed by atoms with Crippen LogP contribution in [0, 0.1) is 6.92 Å². The van der Waals surface area contributed by atoms with Gasteiger partial charge in [-0.15, -0.1) is 0 Å². The fraction of sp³-hybridized carbons (Fsp3) is 0.500. The van der Waals surface area contributed by atoms with Crippen molar-refractivity contribution in [3.05, 3.63) is 29.3 Å². The molecule has 0 amide bonds. The summed E-state index contributed by atoms with van der Waals surface area (Å²) in [5.41, 5.74) is 2.26. The van der Waals surface area contributed by atoms with Gasteiger partial charge in [0.1, 0.15) is 5.75 Å². The van der Waals surface area contributed by atoms with Crippen LogP contribution < -0.4 is 10.1 Å². The monoisotopic (exact) mass is 249 g/mol. The number of rotatable bonds is 5. The first kappa shape index (κ1) is 12.9. The highest BCUT2D eigenvalue weighted by Crippen LogP contribution is 2.23. The van der Waals surface area contributed by atoms with E-state index in [0.29, 0.717) is 13.0 Å². The molecule has 18 heavy (non-hydrogen) atoms. The van der Waals surface area contributed by atoms with Crippen molar-refractivity contribution in [1.29, 1.82) is 0 Å². The average molecular weight is 249 g/mol. The van der Waals surface area contributed by atoms with E-state index in [-0.39, 0.29) is 5.97 Å². The van der Waals surface area contributed by atoms with Crippen molar-refractivity contribution in [1.82, 2.24) is 5.32 Å². The van der Waals surface area contributed by atoms with Crippen molar-refractivity contribution in [3.63, 3.8) is 0 Å². The standard InChI is InChI=1S/C14H19NO3/c1-3-15-9-11-8-10(2)4-5-12(11)18-13-6-7-17-14(13)16/h4-5,8,13,15H,3,6-7,9H2,1-2H3. The topological polar surface area (TPSA) is 47.6 Å². The Bertz CT molecular complexity index is 431. The Morgan fingerprint density at radius 1 is 1.50 bits per heavy atom. The molecule has 0 saturated carbocycles. The lowest BCUT2D eigenvalue weighted by Gasteiger charge is -2.15.